The molecule has 0 unspecified atom stereocenters. The van der Waals surface area contributed by atoms with Gasteiger partial charge in [0.05, 0.1) is 23.9 Å². The molecule has 0 saturated heterocycles. The van der Waals surface area contributed by atoms with E-state index in [9.17, 15) is 18.0 Å². The van der Waals surface area contributed by atoms with E-state index >= 15 is 0 Å². The molecule has 4 aromatic rings. The zero-order chi connectivity index (χ0) is 22.2. The molecule has 0 aliphatic rings. The van der Waals surface area contributed by atoms with Gasteiger partial charge in [-0.25, -0.2) is 0 Å². The number of hydrogen-bond donors (Lipinski definition) is 1. The molecule has 0 aliphatic carbocycles. The number of hydrogen-bond acceptors (Lipinski definition) is 5. The van der Waals surface area contributed by atoms with Crippen LogP contribution in [0.3, 0.4) is 0 Å². The van der Waals surface area contributed by atoms with Gasteiger partial charge in [0.25, 0.3) is 0 Å². The van der Waals surface area contributed by atoms with Gasteiger partial charge in [0.1, 0.15) is 5.75 Å². The normalized spacial score (nSPS) is 11.8. The van der Waals surface area contributed by atoms with Crippen LogP contribution in [0.4, 0.5) is 18.9 Å². The van der Waals surface area contributed by atoms with Crippen molar-refractivity contribution in [3.8, 4) is 5.75 Å². The Morgan fingerprint density at radius 3 is 2.71 bits per heavy atom. The van der Waals surface area contributed by atoms with Gasteiger partial charge in [0.2, 0.25) is 5.91 Å². The van der Waals surface area contributed by atoms with E-state index in [1.807, 2.05) is 35.6 Å². The van der Waals surface area contributed by atoms with Crippen LogP contribution in [0.1, 0.15) is 11.1 Å². The number of amides is 1. The van der Waals surface area contributed by atoms with Gasteiger partial charge in [-0.3, -0.25) is 9.20 Å². The molecule has 0 saturated carbocycles. The molecule has 6 nitrogen and oxygen atoms in total. The minimum absolute atomic E-state index is 0.0452. The average molecular weight is 446 g/mol. The summed E-state index contributed by atoms with van der Waals surface area (Å²) in [4.78, 5) is 12.3. The van der Waals surface area contributed by atoms with Gasteiger partial charge >= 0.3 is 6.18 Å². The van der Waals surface area contributed by atoms with Crippen molar-refractivity contribution < 1.29 is 22.7 Å². The fraction of sp³-hybridized carbons (Fsp3) is 0.190. The van der Waals surface area contributed by atoms with E-state index in [4.69, 9.17) is 4.74 Å². The Morgan fingerprint density at radius 2 is 1.97 bits per heavy atom. The molecule has 31 heavy (non-hydrogen) atoms. The lowest BCUT2D eigenvalue weighted by atomic mass is 10.1. The summed E-state index contributed by atoms with van der Waals surface area (Å²) in [7, 11) is 1.58. The van der Waals surface area contributed by atoms with Gasteiger partial charge in [0, 0.05) is 11.8 Å². The van der Waals surface area contributed by atoms with Crippen LogP contribution in [0.25, 0.3) is 16.6 Å². The fourth-order valence-electron chi connectivity index (χ4n) is 3.20. The number of thioether (sulfide) groups is 1. The number of benzene rings is 2. The minimum atomic E-state index is -4.48. The lowest BCUT2D eigenvalue weighted by Crippen LogP contribution is -2.15. The Bertz CT molecular complexity index is 1290. The molecule has 2 aromatic heterocycles. The van der Waals surface area contributed by atoms with E-state index in [1.165, 1.54) is 12.1 Å². The molecule has 0 bridgehead atoms. The number of anilines is 1. The van der Waals surface area contributed by atoms with Crippen molar-refractivity contribution >= 4 is 39.9 Å². The number of alkyl halides is 3. The van der Waals surface area contributed by atoms with E-state index < -0.39 is 17.6 Å². The van der Waals surface area contributed by atoms with E-state index in [2.05, 4.69) is 15.5 Å². The number of carbonyl (C=O) groups excluding carboxylic acids is 1. The highest BCUT2D eigenvalue weighted by atomic mass is 32.2. The Morgan fingerprint density at radius 1 is 1.16 bits per heavy atom. The Labute approximate surface area is 179 Å². The highest BCUT2D eigenvalue weighted by Crippen LogP contribution is 2.31. The maximum atomic E-state index is 12.9. The second-order valence-corrected chi connectivity index (χ2v) is 7.75. The zero-order valence-corrected chi connectivity index (χ0v) is 17.3. The first-order valence-electron chi connectivity index (χ1n) is 9.18. The number of rotatable bonds is 5. The largest absolute Gasteiger partial charge is 0.497 e. The molecule has 2 aromatic carbocycles. The molecule has 0 atom stereocenters. The van der Waals surface area contributed by atoms with Crippen LogP contribution < -0.4 is 10.1 Å². The maximum Gasteiger partial charge on any atom is 0.416 e. The first kappa shape index (κ1) is 21.0. The highest BCUT2D eigenvalue weighted by molar-refractivity contribution is 7.99. The Kier molecular flexibility index (Phi) is 5.48. The standard InChI is InChI=1S/C21H17F3N4O2S/c1-12-8-13-6-7-16(30-2)10-17(13)28-19(12)26-27-20(28)31-11-18(29)25-15-5-3-4-14(9-15)21(22,23)24/h3-10H,11H2,1-2H3,(H,25,29). The number of carbonyl (C=O) groups is 1. The summed E-state index contributed by atoms with van der Waals surface area (Å²) < 4.78 is 45.7. The lowest BCUT2D eigenvalue weighted by Gasteiger charge is -2.10. The van der Waals surface area contributed by atoms with Crippen LogP contribution in [0.2, 0.25) is 0 Å². The minimum Gasteiger partial charge on any atom is -0.497 e. The van der Waals surface area contributed by atoms with Crippen molar-refractivity contribution in [3.05, 3.63) is 59.7 Å². The number of pyridine rings is 1. The second-order valence-electron chi connectivity index (χ2n) is 6.81. The van der Waals surface area contributed by atoms with Crippen molar-refractivity contribution in [3.63, 3.8) is 0 Å². The molecule has 0 fully saturated rings. The first-order chi connectivity index (χ1) is 14.8. The quantitative estimate of drug-likeness (QED) is 0.440. The summed E-state index contributed by atoms with van der Waals surface area (Å²) in [5.74, 6) is 0.177. The van der Waals surface area contributed by atoms with Crippen LogP contribution in [0.15, 0.2) is 53.7 Å². The van der Waals surface area contributed by atoms with Crippen molar-refractivity contribution in [2.24, 2.45) is 0 Å². The zero-order valence-electron chi connectivity index (χ0n) is 16.5. The molecule has 0 aliphatic heterocycles. The SMILES string of the molecule is COc1ccc2cc(C)c3nnc(SCC(=O)Nc4cccc(C(F)(F)F)c4)n3c2c1. The van der Waals surface area contributed by atoms with Crippen LogP contribution in [-0.4, -0.2) is 33.4 Å². The molecule has 0 spiro atoms. The molecule has 1 amide bonds. The topological polar surface area (TPSA) is 68.5 Å². The summed E-state index contributed by atoms with van der Waals surface area (Å²) in [6.45, 7) is 1.92. The Balaban J connectivity index is 1.57. The molecular weight excluding hydrogens is 429 g/mol. The molecule has 160 valence electrons. The fourth-order valence-corrected chi connectivity index (χ4v) is 3.95. The highest BCUT2D eigenvalue weighted by Gasteiger charge is 2.30. The van der Waals surface area contributed by atoms with Crippen molar-refractivity contribution in [1.82, 2.24) is 14.6 Å². The molecule has 1 N–H and O–H groups in total. The smallest absolute Gasteiger partial charge is 0.416 e. The third kappa shape index (κ3) is 4.29. The van der Waals surface area contributed by atoms with Gasteiger partial charge < -0.3 is 10.1 Å². The van der Waals surface area contributed by atoms with E-state index in [-0.39, 0.29) is 11.4 Å². The monoisotopic (exact) mass is 446 g/mol. The molecule has 10 heteroatoms. The first-order valence-corrected chi connectivity index (χ1v) is 10.2. The van der Waals surface area contributed by atoms with Gasteiger partial charge in [-0.05, 0) is 54.3 Å². The molecule has 2 heterocycles. The Hall–Kier alpha value is -3.27. The van der Waals surface area contributed by atoms with Gasteiger partial charge in [-0.1, -0.05) is 17.8 Å². The molecular formula is C21H17F3N4O2S. The van der Waals surface area contributed by atoms with E-state index in [0.29, 0.717) is 16.6 Å². The number of aryl methyl sites for hydroxylation is 1. The molecule has 4 rings (SSSR count). The van der Waals surface area contributed by atoms with Gasteiger partial charge in [-0.2, -0.15) is 13.2 Å². The number of ether oxygens (including phenoxy) is 1. The van der Waals surface area contributed by atoms with Crippen LogP contribution >= 0.6 is 11.8 Å². The predicted octanol–water partition coefficient (Wildman–Crippen LogP) is 4.95. The van der Waals surface area contributed by atoms with Gasteiger partial charge in [0.15, 0.2) is 10.8 Å². The van der Waals surface area contributed by atoms with Crippen molar-refractivity contribution in [1.29, 1.82) is 0 Å². The number of methoxy groups -OCH3 is 1. The van der Waals surface area contributed by atoms with Gasteiger partial charge in [-0.15, -0.1) is 10.2 Å². The van der Waals surface area contributed by atoms with E-state index in [1.54, 1.807) is 7.11 Å². The van der Waals surface area contributed by atoms with Crippen LogP contribution in [0.5, 0.6) is 5.75 Å². The van der Waals surface area contributed by atoms with Crippen LogP contribution in [-0.2, 0) is 11.0 Å². The summed E-state index contributed by atoms with van der Waals surface area (Å²) in [5, 5.41) is 12.4. The number of nitrogens with one attached hydrogen (secondary N) is 1. The summed E-state index contributed by atoms with van der Waals surface area (Å²) in [6.07, 6.45) is -4.48. The number of halogens is 3. The molecule has 0 radical (unpaired) electrons. The maximum absolute atomic E-state index is 12.9. The summed E-state index contributed by atoms with van der Waals surface area (Å²) >= 11 is 1.14. The number of fused-ring (bicyclic) bond motifs is 3. The van der Waals surface area contributed by atoms with Crippen molar-refractivity contribution in [2.45, 2.75) is 18.3 Å². The average Bonchev–Trinajstić information content (AvgIpc) is 3.17. The third-order valence-electron chi connectivity index (χ3n) is 4.64. The summed E-state index contributed by atoms with van der Waals surface area (Å²) in [5.41, 5.74) is 1.66. The third-order valence-corrected chi connectivity index (χ3v) is 5.57. The number of nitrogens with zero attached hydrogens (tertiary/aromatic N) is 3. The predicted molar refractivity (Wildman–Crippen MR) is 113 cm³/mol. The summed E-state index contributed by atoms with van der Waals surface area (Å²) in [6, 6.07) is 12.1. The second kappa shape index (κ2) is 8.10. The van der Waals surface area contributed by atoms with E-state index in [0.717, 1.165) is 40.4 Å². The lowest BCUT2D eigenvalue weighted by molar-refractivity contribution is -0.137. The van der Waals surface area contributed by atoms with Crippen molar-refractivity contribution in [2.75, 3.05) is 18.2 Å². The number of aromatic nitrogens is 3. The van der Waals surface area contributed by atoms with Crippen LogP contribution in [0, 0.1) is 6.92 Å².